The lowest BCUT2D eigenvalue weighted by atomic mass is 10.1. The van der Waals surface area contributed by atoms with E-state index in [9.17, 15) is 9.59 Å². The molecule has 0 radical (unpaired) electrons. The summed E-state index contributed by atoms with van der Waals surface area (Å²) in [5.41, 5.74) is 1.89. The van der Waals surface area contributed by atoms with Crippen molar-refractivity contribution in [3.63, 3.8) is 0 Å². The third kappa shape index (κ3) is 3.59. The van der Waals surface area contributed by atoms with Gasteiger partial charge in [-0.15, -0.1) is 0 Å². The van der Waals surface area contributed by atoms with E-state index >= 15 is 0 Å². The highest BCUT2D eigenvalue weighted by atomic mass is 16.5. The maximum absolute atomic E-state index is 12.1. The second-order valence-corrected chi connectivity index (χ2v) is 5.20. The summed E-state index contributed by atoms with van der Waals surface area (Å²) in [5.74, 6) is -0.971. The summed E-state index contributed by atoms with van der Waals surface area (Å²) < 4.78 is 5.10. The maximum atomic E-state index is 12.1. The lowest BCUT2D eigenvalue weighted by Crippen LogP contribution is -2.33. The van der Waals surface area contributed by atoms with Gasteiger partial charge in [0.05, 0.1) is 23.1 Å². The van der Waals surface area contributed by atoms with E-state index < -0.39 is 5.92 Å². The molecule has 0 saturated heterocycles. The SMILES string of the molecule is CC(C)OC(=O)[C@H](C)CNC(=O)c1c[nH]c2cccnc12. The van der Waals surface area contributed by atoms with Gasteiger partial charge >= 0.3 is 5.97 Å². The number of aromatic amines is 1. The molecule has 21 heavy (non-hydrogen) atoms. The van der Waals surface area contributed by atoms with E-state index in [1.807, 2.05) is 6.07 Å². The molecule has 2 aromatic rings. The predicted molar refractivity (Wildman–Crippen MR) is 78.8 cm³/mol. The molecule has 2 N–H and O–H groups in total. The van der Waals surface area contributed by atoms with E-state index in [1.165, 1.54) is 0 Å². The van der Waals surface area contributed by atoms with Crippen LogP contribution in [0.5, 0.6) is 0 Å². The molecule has 0 bridgehead atoms. The predicted octanol–water partition coefficient (Wildman–Crippen LogP) is 1.88. The van der Waals surface area contributed by atoms with Gasteiger partial charge in [-0.2, -0.15) is 0 Å². The summed E-state index contributed by atoms with van der Waals surface area (Å²) in [6.07, 6.45) is 3.09. The largest absolute Gasteiger partial charge is 0.463 e. The monoisotopic (exact) mass is 289 g/mol. The molecule has 0 aliphatic rings. The van der Waals surface area contributed by atoms with Gasteiger partial charge in [-0.05, 0) is 26.0 Å². The van der Waals surface area contributed by atoms with Crippen LogP contribution in [0.25, 0.3) is 11.0 Å². The van der Waals surface area contributed by atoms with E-state index in [4.69, 9.17) is 4.74 Å². The molecule has 0 unspecified atom stereocenters. The molecule has 0 saturated carbocycles. The number of carbonyl (C=O) groups excluding carboxylic acids is 2. The normalized spacial score (nSPS) is 12.4. The molecule has 0 aromatic carbocycles. The number of ether oxygens (including phenoxy) is 1. The van der Waals surface area contributed by atoms with Gasteiger partial charge in [-0.3, -0.25) is 14.6 Å². The Kier molecular flexibility index (Phi) is 4.57. The summed E-state index contributed by atoms with van der Waals surface area (Å²) in [5, 5.41) is 2.73. The van der Waals surface area contributed by atoms with Crippen molar-refractivity contribution in [1.29, 1.82) is 0 Å². The summed E-state index contributed by atoms with van der Waals surface area (Å²) >= 11 is 0. The number of hydrogen-bond donors (Lipinski definition) is 2. The number of H-pyrrole nitrogens is 1. The zero-order chi connectivity index (χ0) is 15.4. The first kappa shape index (κ1) is 15.0. The van der Waals surface area contributed by atoms with Crippen molar-refractivity contribution < 1.29 is 14.3 Å². The van der Waals surface area contributed by atoms with Crippen molar-refractivity contribution >= 4 is 22.9 Å². The van der Waals surface area contributed by atoms with Gasteiger partial charge in [0.15, 0.2) is 0 Å². The maximum Gasteiger partial charge on any atom is 0.310 e. The highest BCUT2D eigenvalue weighted by molar-refractivity contribution is 6.05. The second kappa shape index (κ2) is 6.39. The van der Waals surface area contributed by atoms with E-state index in [2.05, 4.69) is 15.3 Å². The zero-order valence-electron chi connectivity index (χ0n) is 12.3. The Morgan fingerprint density at radius 1 is 1.38 bits per heavy atom. The number of esters is 1. The van der Waals surface area contributed by atoms with E-state index in [0.29, 0.717) is 11.1 Å². The van der Waals surface area contributed by atoms with Crippen molar-refractivity contribution in [3.8, 4) is 0 Å². The molecule has 2 heterocycles. The van der Waals surface area contributed by atoms with Crippen LogP contribution in [-0.4, -0.2) is 34.5 Å². The fourth-order valence-electron chi connectivity index (χ4n) is 1.90. The smallest absolute Gasteiger partial charge is 0.310 e. The van der Waals surface area contributed by atoms with Gasteiger partial charge in [0, 0.05) is 18.9 Å². The van der Waals surface area contributed by atoms with Crippen molar-refractivity contribution in [3.05, 3.63) is 30.1 Å². The third-order valence-corrected chi connectivity index (χ3v) is 3.00. The molecule has 6 nitrogen and oxygen atoms in total. The summed E-state index contributed by atoms with van der Waals surface area (Å²) in [7, 11) is 0. The van der Waals surface area contributed by atoms with Gasteiger partial charge in [0.1, 0.15) is 5.52 Å². The lowest BCUT2D eigenvalue weighted by molar-refractivity contribution is -0.151. The van der Waals surface area contributed by atoms with Crippen molar-refractivity contribution in [2.45, 2.75) is 26.9 Å². The number of fused-ring (bicyclic) bond motifs is 1. The minimum atomic E-state index is -0.394. The molecule has 1 amide bonds. The first-order chi connectivity index (χ1) is 9.99. The van der Waals surface area contributed by atoms with E-state index in [0.717, 1.165) is 5.52 Å². The number of carbonyl (C=O) groups is 2. The first-order valence-corrected chi connectivity index (χ1v) is 6.90. The molecule has 2 rings (SSSR count). The highest BCUT2D eigenvalue weighted by Gasteiger charge is 2.18. The van der Waals surface area contributed by atoms with Crippen molar-refractivity contribution in [2.24, 2.45) is 5.92 Å². The Morgan fingerprint density at radius 3 is 2.86 bits per heavy atom. The van der Waals surface area contributed by atoms with Gasteiger partial charge in [0.2, 0.25) is 0 Å². The van der Waals surface area contributed by atoms with Crippen LogP contribution in [0.1, 0.15) is 31.1 Å². The average molecular weight is 289 g/mol. The number of nitrogens with zero attached hydrogens (tertiary/aromatic N) is 1. The van der Waals surface area contributed by atoms with Crippen molar-refractivity contribution in [1.82, 2.24) is 15.3 Å². The first-order valence-electron chi connectivity index (χ1n) is 6.90. The fourth-order valence-corrected chi connectivity index (χ4v) is 1.90. The summed E-state index contributed by atoms with van der Waals surface area (Å²) in [6.45, 7) is 5.53. The molecule has 0 spiro atoms. The Hall–Kier alpha value is -2.37. The number of rotatable bonds is 5. The molecule has 0 aliphatic carbocycles. The fraction of sp³-hybridized carbons (Fsp3) is 0.400. The lowest BCUT2D eigenvalue weighted by Gasteiger charge is -2.14. The van der Waals surface area contributed by atoms with E-state index in [1.54, 1.807) is 39.2 Å². The molecule has 2 aromatic heterocycles. The quantitative estimate of drug-likeness (QED) is 0.823. The van der Waals surface area contributed by atoms with Crippen LogP contribution in [-0.2, 0) is 9.53 Å². The minimum Gasteiger partial charge on any atom is -0.463 e. The van der Waals surface area contributed by atoms with Gasteiger partial charge in [-0.1, -0.05) is 6.92 Å². The zero-order valence-corrected chi connectivity index (χ0v) is 12.3. The van der Waals surface area contributed by atoms with Crippen LogP contribution in [0.2, 0.25) is 0 Å². The standard InChI is InChI=1S/C15H19N3O3/c1-9(2)21-15(20)10(3)7-18-14(19)11-8-17-12-5-4-6-16-13(11)12/h4-6,8-10,17H,7H2,1-3H3,(H,18,19)/t10-/m1/s1. The van der Waals surface area contributed by atoms with Gasteiger partial charge < -0.3 is 15.0 Å². The average Bonchev–Trinajstić information content (AvgIpc) is 2.87. The number of aromatic nitrogens is 2. The second-order valence-electron chi connectivity index (χ2n) is 5.20. The minimum absolute atomic E-state index is 0.159. The molecule has 0 fully saturated rings. The Balaban J connectivity index is 1.97. The number of hydrogen-bond acceptors (Lipinski definition) is 4. The molecule has 6 heteroatoms. The van der Waals surface area contributed by atoms with Crippen LogP contribution in [0.4, 0.5) is 0 Å². The molecular formula is C15H19N3O3. The highest BCUT2D eigenvalue weighted by Crippen LogP contribution is 2.14. The number of pyridine rings is 1. The Bertz CT molecular complexity index is 648. The molecule has 0 aliphatic heterocycles. The van der Waals surface area contributed by atoms with Gasteiger partial charge in [0.25, 0.3) is 5.91 Å². The topological polar surface area (TPSA) is 84.1 Å². The van der Waals surface area contributed by atoms with Crippen LogP contribution < -0.4 is 5.32 Å². The summed E-state index contributed by atoms with van der Waals surface area (Å²) in [4.78, 5) is 31.0. The molecule has 1 atom stereocenters. The van der Waals surface area contributed by atoms with Gasteiger partial charge in [-0.25, -0.2) is 0 Å². The number of nitrogens with one attached hydrogen (secondary N) is 2. The molecule has 112 valence electrons. The van der Waals surface area contributed by atoms with Crippen LogP contribution in [0.3, 0.4) is 0 Å². The van der Waals surface area contributed by atoms with Crippen LogP contribution in [0.15, 0.2) is 24.5 Å². The van der Waals surface area contributed by atoms with Crippen LogP contribution >= 0.6 is 0 Å². The number of amides is 1. The van der Waals surface area contributed by atoms with Crippen LogP contribution in [0, 0.1) is 5.92 Å². The van der Waals surface area contributed by atoms with Crippen molar-refractivity contribution in [2.75, 3.05) is 6.54 Å². The van der Waals surface area contributed by atoms with E-state index in [-0.39, 0.29) is 24.5 Å². The Labute approximate surface area is 122 Å². The third-order valence-electron chi connectivity index (χ3n) is 3.00. The summed E-state index contributed by atoms with van der Waals surface area (Å²) in [6, 6.07) is 3.65. The Morgan fingerprint density at radius 2 is 2.14 bits per heavy atom. The molecular weight excluding hydrogens is 270 g/mol.